The Kier molecular flexibility index (Phi) is 7.50. The van der Waals surface area contributed by atoms with Crippen LogP contribution in [-0.4, -0.2) is 41.8 Å². The Morgan fingerprint density at radius 2 is 1.94 bits per heavy atom. The number of likely N-dealkylation sites (tertiary alicyclic amines) is 1. The van der Waals surface area contributed by atoms with Crippen LogP contribution in [0.2, 0.25) is 0 Å². The summed E-state index contributed by atoms with van der Waals surface area (Å²) in [6.07, 6.45) is 7.00. The minimum Gasteiger partial charge on any atom is -0.872 e. The fourth-order valence-corrected chi connectivity index (χ4v) is 4.22. The number of amides is 1. The second-order valence-electron chi connectivity index (χ2n) is 8.33. The summed E-state index contributed by atoms with van der Waals surface area (Å²) in [6.45, 7) is 3.55. The van der Waals surface area contributed by atoms with Gasteiger partial charge in [0.15, 0.2) is 0 Å². The van der Waals surface area contributed by atoms with Gasteiger partial charge in [-0.2, -0.15) is 0 Å². The number of ketones is 1. The fraction of sp³-hybridized carbons (Fsp3) is 0.296. The summed E-state index contributed by atoms with van der Waals surface area (Å²) in [5.74, 6) is -0.647. The second kappa shape index (κ2) is 10.9. The lowest BCUT2D eigenvalue weighted by Gasteiger charge is -2.27. The van der Waals surface area contributed by atoms with Gasteiger partial charge in [0.25, 0.3) is 5.91 Å². The van der Waals surface area contributed by atoms with Gasteiger partial charge in [-0.3, -0.25) is 14.6 Å². The van der Waals surface area contributed by atoms with E-state index in [2.05, 4.69) is 4.98 Å². The van der Waals surface area contributed by atoms with Crippen molar-refractivity contribution in [3.63, 3.8) is 0 Å². The lowest BCUT2D eigenvalue weighted by atomic mass is 9.95. The lowest BCUT2D eigenvalue weighted by molar-refractivity contribution is -0.695. The Morgan fingerprint density at radius 3 is 2.63 bits per heavy atom. The van der Waals surface area contributed by atoms with Crippen molar-refractivity contribution in [3.05, 3.63) is 84.0 Å². The molecule has 1 fully saturated rings. The quantitative estimate of drug-likeness (QED) is 0.210. The molecule has 1 amide bonds. The van der Waals surface area contributed by atoms with E-state index in [1.165, 1.54) is 12.0 Å². The standard InChI is InChI=1S/C27H29N3O5/c1-3-16-35-22-7-4-6-20(17-22)24-23(25(31)19-8-10-21(34-2)11-9-19)26(32)27(33)30(24)14-5-13-29-15-12-28-18-29/h4,6-12,15,17-18,24H,3,5,13-14,16H2,1-2H3,(H,31,32). The Morgan fingerprint density at radius 1 is 1.14 bits per heavy atom. The van der Waals surface area contributed by atoms with Crippen LogP contribution in [0.5, 0.6) is 11.5 Å². The minimum absolute atomic E-state index is 0.0397. The van der Waals surface area contributed by atoms with Gasteiger partial charge in [0.1, 0.15) is 23.9 Å². The maximum atomic E-state index is 13.5. The predicted molar refractivity (Wildman–Crippen MR) is 127 cm³/mol. The number of H-pyrrole nitrogens is 1. The highest BCUT2D eigenvalue weighted by Gasteiger charge is 2.44. The second-order valence-corrected chi connectivity index (χ2v) is 8.33. The number of rotatable bonds is 10. The molecular weight excluding hydrogens is 446 g/mol. The third-order valence-corrected chi connectivity index (χ3v) is 5.95. The molecule has 1 aromatic heterocycles. The van der Waals surface area contributed by atoms with Crippen LogP contribution in [0.1, 0.15) is 36.9 Å². The van der Waals surface area contributed by atoms with E-state index in [-0.39, 0.29) is 5.57 Å². The molecule has 1 N–H and O–H groups in total. The molecule has 0 bridgehead atoms. The molecule has 0 spiro atoms. The number of Topliss-reactive ketones (excluding diaryl/α,β-unsaturated/α-hetero) is 1. The summed E-state index contributed by atoms with van der Waals surface area (Å²) in [6, 6.07) is 13.0. The van der Waals surface area contributed by atoms with Crippen LogP contribution in [0.25, 0.3) is 5.76 Å². The zero-order valence-corrected chi connectivity index (χ0v) is 19.9. The topological polar surface area (TPSA) is 98.6 Å². The first kappa shape index (κ1) is 24.1. The summed E-state index contributed by atoms with van der Waals surface area (Å²) in [5, 5.41) is 13.5. The molecule has 8 heteroatoms. The van der Waals surface area contributed by atoms with Gasteiger partial charge in [0.05, 0.1) is 26.3 Å². The number of ether oxygens (including phenoxy) is 2. The average molecular weight is 476 g/mol. The maximum absolute atomic E-state index is 13.5. The van der Waals surface area contributed by atoms with Gasteiger partial charge >= 0.3 is 0 Å². The molecule has 2 aromatic carbocycles. The third-order valence-electron chi connectivity index (χ3n) is 5.95. The summed E-state index contributed by atoms with van der Waals surface area (Å²) >= 11 is 0. The Labute approximate surface area is 204 Å². The lowest BCUT2D eigenvalue weighted by Crippen LogP contribution is -2.36. The smallest absolute Gasteiger partial charge is 0.295 e. The highest BCUT2D eigenvalue weighted by molar-refractivity contribution is 6.46. The van der Waals surface area contributed by atoms with Crippen LogP contribution in [0.15, 0.2) is 72.8 Å². The van der Waals surface area contributed by atoms with Crippen molar-refractivity contribution in [3.8, 4) is 11.5 Å². The average Bonchev–Trinajstić information content (AvgIpc) is 3.49. The predicted octanol–water partition coefficient (Wildman–Crippen LogP) is 2.41. The Balaban J connectivity index is 1.72. The van der Waals surface area contributed by atoms with E-state index in [1.807, 2.05) is 48.4 Å². The number of benzene rings is 2. The molecular formula is C27H29N3O5. The van der Waals surface area contributed by atoms with Crippen LogP contribution in [-0.2, 0) is 16.1 Å². The van der Waals surface area contributed by atoms with Gasteiger partial charge in [-0.05, 0) is 41.8 Å². The molecule has 8 nitrogen and oxygen atoms in total. The first-order valence-electron chi connectivity index (χ1n) is 11.7. The Bertz CT molecular complexity index is 1200. The summed E-state index contributed by atoms with van der Waals surface area (Å²) in [4.78, 5) is 30.8. The molecule has 1 atom stereocenters. The van der Waals surface area contributed by atoms with Gasteiger partial charge in [-0.15, -0.1) is 0 Å². The number of aromatic amines is 1. The van der Waals surface area contributed by atoms with Crippen molar-refractivity contribution in [2.24, 2.45) is 0 Å². The van der Waals surface area contributed by atoms with Crippen LogP contribution in [0, 0.1) is 0 Å². The molecule has 35 heavy (non-hydrogen) atoms. The van der Waals surface area contributed by atoms with E-state index in [4.69, 9.17) is 9.47 Å². The number of carbonyl (C=O) groups is 2. The number of carbonyl (C=O) groups excluding carboxylic acids is 2. The van der Waals surface area contributed by atoms with Gasteiger partial charge in [0, 0.05) is 18.5 Å². The number of hydrogen-bond acceptors (Lipinski definition) is 5. The van der Waals surface area contributed by atoms with Crippen molar-refractivity contribution in [2.75, 3.05) is 20.3 Å². The zero-order valence-electron chi connectivity index (χ0n) is 19.9. The van der Waals surface area contributed by atoms with Gasteiger partial charge in [-0.25, -0.2) is 4.57 Å². The number of nitrogens with one attached hydrogen (secondary N) is 1. The molecule has 3 aromatic rings. The van der Waals surface area contributed by atoms with Crippen molar-refractivity contribution < 1.29 is 28.7 Å². The van der Waals surface area contributed by atoms with E-state index in [1.54, 1.807) is 30.3 Å². The SMILES string of the molecule is CCCOc1cccc(C2C(=C([O-])c3ccc(OC)cc3)C(=O)C(=O)N2CCC[n+]2cc[nH]c2)c1. The van der Waals surface area contributed by atoms with E-state index >= 15 is 0 Å². The first-order chi connectivity index (χ1) is 17.0. The largest absolute Gasteiger partial charge is 0.872 e. The summed E-state index contributed by atoms with van der Waals surface area (Å²) in [7, 11) is 1.54. The third kappa shape index (κ3) is 5.21. The first-order valence-corrected chi connectivity index (χ1v) is 11.7. The highest BCUT2D eigenvalue weighted by atomic mass is 16.5. The van der Waals surface area contributed by atoms with Crippen LogP contribution >= 0.6 is 0 Å². The van der Waals surface area contributed by atoms with Crippen LogP contribution < -0.4 is 19.1 Å². The van der Waals surface area contributed by atoms with E-state index in [0.29, 0.717) is 48.7 Å². The van der Waals surface area contributed by atoms with E-state index < -0.39 is 23.5 Å². The number of hydrogen-bond donors (Lipinski definition) is 1. The number of imidazole rings is 1. The number of aryl methyl sites for hydroxylation is 1. The summed E-state index contributed by atoms with van der Waals surface area (Å²) < 4.78 is 12.9. The molecule has 1 aliphatic rings. The Hall–Kier alpha value is -4.07. The number of aromatic nitrogens is 2. The number of nitrogens with zero attached hydrogens (tertiary/aromatic N) is 2. The van der Waals surface area contributed by atoms with Gasteiger partial charge in [0.2, 0.25) is 12.1 Å². The van der Waals surface area contributed by atoms with Gasteiger partial charge < -0.3 is 19.5 Å². The normalized spacial score (nSPS) is 17.1. The van der Waals surface area contributed by atoms with Crippen molar-refractivity contribution in [1.82, 2.24) is 9.88 Å². The van der Waals surface area contributed by atoms with E-state index in [0.717, 1.165) is 6.42 Å². The monoisotopic (exact) mass is 475 g/mol. The molecule has 1 saturated heterocycles. The van der Waals surface area contributed by atoms with Crippen LogP contribution in [0.4, 0.5) is 0 Å². The molecule has 0 saturated carbocycles. The molecule has 182 valence electrons. The minimum atomic E-state index is -0.786. The fourth-order valence-electron chi connectivity index (χ4n) is 4.22. The molecule has 4 rings (SSSR count). The number of methoxy groups -OCH3 is 1. The molecule has 0 radical (unpaired) electrons. The van der Waals surface area contributed by atoms with E-state index in [9.17, 15) is 14.7 Å². The molecule has 0 aliphatic carbocycles. The molecule has 1 unspecified atom stereocenters. The maximum Gasteiger partial charge on any atom is 0.295 e. The van der Waals surface area contributed by atoms with Crippen molar-refractivity contribution in [1.29, 1.82) is 0 Å². The summed E-state index contributed by atoms with van der Waals surface area (Å²) in [5.41, 5.74) is 0.959. The highest BCUT2D eigenvalue weighted by Crippen LogP contribution is 2.39. The van der Waals surface area contributed by atoms with Crippen LogP contribution in [0.3, 0.4) is 0 Å². The van der Waals surface area contributed by atoms with Crippen molar-refractivity contribution in [2.45, 2.75) is 32.4 Å². The zero-order chi connectivity index (χ0) is 24.8. The molecule has 2 heterocycles. The van der Waals surface area contributed by atoms with Crippen molar-refractivity contribution >= 4 is 17.4 Å². The molecule has 1 aliphatic heterocycles. The van der Waals surface area contributed by atoms with Gasteiger partial charge in [-0.1, -0.05) is 36.9 Å².